The van der Waals surface area contributed by atoms with E-state index in [-0.39, 0.29) is 77.8 Å². The summed E-state index contributed by atoms with van der Waals surface area (Å²) in [5, 5.41) is 0. The van der Waals surface area contributed by atoms with Gasteiger partial charge in [-0.2, -0.15) is 0 Å². The van der Waals surface area contributed by atoms with Crippen molar-refractivity contribution in [3.05, 3.63) is 0 Å². The molecule has 0 fully saturated rings. The maximum atomic E-state index is 0. The quantitative estimate of drug-likeness (QED) is 0.548. The number of hydrogen-bond acceptors (Lipinski definition) is 0. The van der Waals surface area contributed by atoms with Crippen LogP contribution in [-0.2, 0) is 51.2 Å². The average molecular weight is 218 g/mol. The molecule has 3 heteroatoms. The molecule has 0 atom stereocenters. The van der Waals surface area contributed by atoms with Crippen LogP contribution in [-0.4, -0.2) is 0 Å². The fourth-order valence-corrected chi connectivity index (χ4v) is 0. The van der Waals surface area contributed by atoms with Gasteiger partial charge in [-0.25, -0.2) is 0 Å². The Hall–Kier alpha value is 1.56. The van der Waals surface area contributed by atoms with Gasteiger partial charge in [-0.1, -0.05) is 22.3 Å². The molecule has 0 spiro atoms. The van der Waals surface area contributed by atoms with E-state index in [1.807, 2.05) is 0 Å². The largest absolute Gasteiger partial charge is 2.00 e. The summed E-state index contributed by atoms with van der Waals surface area (Å²) in [5.74, 6) is 0. The van der Waals surface area contributed by atoms with Crippen LogP contribution in [0.1, 0.15) is 26.6 Å². The summed E-state index contributed by atoms with van der Waals surface area (Å²) in [6.07, 6.45) is 0. The van der Waals surface area contributed by atoms with Crippen LogP contribution < -0.4 is 0 Å². The Labute approximate surface area is 77.7 Å². The molecule has 0 aromatic carbocycles. The predicted molar refractivity (Wildman–Crippen MR) is 25.5 cm³/mol. The normalized spacial score (nSPS) is 0. The molecule has 0 aromatic rings. The first-order valence-electron chi connectivity index (χ1n) is 0. The van der Waals surface area contributed by atoms with Crippen molar-refractivity contribution in [3.8, 4) is 0 Å². The minimum Gasteiger partial charge on any atom is -0.0776 e. The minimum atomic E-state index is 0. The number of rotatable bonds is 0. The van der Waals surface area contributed by atoms with E-state index in [2.05, 4.69) is 0 Å². The van der Waals surface area contributed by atoms with E-state index >= 15 is 0 Å². The van der Waals surface area contributed by atoms with E-state index in [0.29, 0.717) is 0 Å². The molecule has 0 amide bonds. The van der Waals surface area contributed by atoms with Gasteiger partial charge in [-0.15, -0.1) is 0 Å². The van der Waals surface area contributed by atoms with E-state index < -0.39 is 0 Å². The Morgan fingerprint density at radius 3 is 0.667 bits per heavy atom. The SMILES string of the molecule is C.C.C.[H+].[HH].[HH].[Mn+2].[Mn+2].[Mn+2]. The Morgan fingerprint density at radius 2 is 0.667 bits per heavy atom. The van der Waals surface area contributed by atoms with Crippen molar-refractivity contribution in [1.82, 2.24) is 0 Å². The van der Waals surface area contributed by atoms with Crippen molar-refractivity contribution in [3.63, 3.8) is 0 Å². The molecule has 0 rings (SSSR count). The maximum absolute atomic E-state index is 0. The van der Waals surface area contributed by atoms with Gasteiger partial charge in [-0.05, 0) is 0 Å². The summed E-state index contributed by atoms with van der Waals surface area (Å²) in [6.45, 7) is 0. The molecule has 0 nitrogen and oxygen atoms in total. The summed E-state index contributed by atoms with van der Waals surface area (Å²) < 4.78 is 0. The molecule has 0 saturated heterocycles. The Kier molecular flexibility index (Phi) is 1860. The van der Waals surface area contributed by atoms with Gasteiger partial charge in [0.1, 0.15) is 0 Å². The van der Waals surface area contributed by atoms with Crippen LogP contribution in [0.4, 0.5) is 0 Å². The Balaban J connectivity index is 0. The van der Waals surface area contributed by atoms with E-state index in [0.717, 1.165) is 0 Å². The third kappa shape index (κ3) is 47.6. The van der Waals surface area contributed by atoms with Crippen LogP contribution in [0.3, 0.4) is 0 Å². The second-order valence-electron chi connectivity index (χ2n) is 0. The fourth-order valence-electron chi connectivity index (χ4n) is 0. The smallest absolute Gasteiger partial charge is 0.0776 e. The summed E-state index contributed by atoms with van der Waals surface area (Å²) in [4.78, 5) is 0. The molecule has 3 radical (unpaired) electrons. The van der Waals surface area contributed by atoms with E-state index in [9.17, 15) is 0 Å². The second-order valence-corrected chi connectivity index (χ2v) is 0. The zero-order valence-corrected chi connectivity index (χ0v) is 4.68. The third-order valence-corrected chi connectivity index (χ3v) is 0. The fraction of sp³-hybridized carbons (Fsp3) is 1.00. The van der Waals surface area contributed by atoms with Crippen LogP contribution in [0.5, 0.6) is 0 Å². The summed E-state index contributed by atoms with van der Waals surface area (Å²) in [5.41, 5.74) is 0. The maximum Gasteiger partial charge on any atom is 2.00 e. The van der Waals surface area contributed by atoms with E-state index in [1.54, 1.807) is 0 Å². The summed E-state index contributed by atoms with van der Waals surface area (Å²) >= 11 is 0. The second kappa shape index (κ2) is 83.4. The average Bonchev–Trinajstić information content (AvgIpc) is 0. The van der Waals surface area contributed by atoms with E-state index in [4.69, 9.17) is 0 Å². The van der Waals surface area contributed by atoms with Crippen LogP contribution in [0, 0.1) is 0 Å². The summed E-state index contributed by atoms with van der Waals surface area (Å²) in [6, 6.07) is 0. The molecule has 0 aliphatic carbocycles. The standard InChI is InChI=1S/3CH4.3Mn.2H2/h3*1H4;;;;2*1H/q;;;3*+2;;/p+1. The predicted octanol–water partition coefficient (Wildman–Crippen LogP) is 2.51. The zero-order chi connectivity index (χ0) is 0. The van der Waals surface area contributed by atoms with Crippen LogP contribution in [0.15, 0.2) is 0 Å². The zero-order valence-electron chi connectivity index (χ0n) is 2.13. The molecule has 0 aliphatic heterocycles. The minimum absolute atomic E-state index is 0. The van der Waals surface area contributed by atoms with Crippen LogP contribution in [0.25, 0.3) is 0 Å². The van der Waals surface area contributed by atoms with E-state index in [1.165, 1.54) is 0 Å². The Bertz CT molecular complexity index is 14.3. The van der Waals surface area contributed by atoms with Crippen molar-refractivity contribution in [2.75, 3.05) is 0 Å². The topological polar surface area (TPSA) is 0 Å². The molecule has 0 aromatic heterocycles. The van der Waals surface area contributed by atoms with Gasteiger partial charge in [-0.3, -0.25) is 0 Å². The summed E-state index contributed by atoms with van der Waals surface area (Å²) in [7, 11) is 0. The van der Waals surface area contributed by atoms with Crippen molar-refractivity contribution < 1.29 is 55.5 Å². The van der Waals surface area contributed by atoms with Gasteiger partial charge in [0.2, 0.25) is 0 Å². The Morgan fingerprint density at radius 1 is 0.667 bits per heavy atom. The van der Waals surface area contributed by atoms with Crippen LogP contribution >= 0.6 is 0 Å². The molecule has 43 valence electrons. The van der Waals surface area contributed by atoms with Crippen molar-refractivity contribution in [1.29, 1.82) is 0 Å². The van der Waals surface area contributed by atoms with Crippen molar-refractivity contribution in [2.45, 2.75) is 22.3 Å². The van der Waals surface area contributed by atoms with Gasteiger partial charge in [0.15, 0.2) is 0 Å². The van der Waals surface area contributed by atoms with Gasteiger partial charge >= 0.3 is 52.6 Å². The molecule has 0 aliphatic rings. The van der Waals surface area contributed by atoms with Gasteiger partial charge in [0.25, 0.3) is 0 Å². The first-order chi connectivity index (χ1) is 0. The third-order valence-electron chi connectivity index (χ3n) is 0. The first-order valence-corrected chi connectivity index (χ1v) is 0. The first kappa shape index (κ1) is 134. The molecule has 0 bridgehead atoms. The van der Waals surface area contributed by atoms with Crippen molar-refractivity contribution >= 4 is 0 Å². The van der Waals surface area contributed by atoms with Crippen molar-refractivity contribution in [2.24, 2.45) is 0 Å². The molecular weight excluding hydrogens is 201 g/mol. The van der Waals surface area contributed by atoms with Gasteiger partial charge < -0.3 is 0 Å². The van der Waals surface area contributed by atoms with Gasteiger partial charge in [0, 0.05) is 2.85 Å². The molecule has 0 saturated carbocycles. The molecule has 0 unspecified atom stereocenters. The molecule has 0 N–H and O–H groups in total. The molecule has 0 heterocycles. The molecule has 6 heavy (non-hydrogen) atoms. The number of hydrogen-bond donors (Lipinski definition) is 0. The monoisotopic (exact) mass is 218 g/mol. The van der Waals surface area contributed by atoms with Crippen LogP contribution in [0.2, 0.25) is 0 Å². The molecular formula is C3H17Mn3+7. The van der Waals surface area contributed by atoms with Gasteiger partial charge in [0.05, 0.1) is 0 Å².